The topological polar surface area (TPSA) is 80.1 Å². The zero-order valence-corrected chi connectivity index (χ0v) is 13.3. The van der Waals surface area contributed by atoms with Gasteiger partial charge < -0.3 is 10.6 Å². The molecule has 2 unspecified atom stereocenters. The standard InChI is InChI=1S/C14H22N4O2S/c1-3-15-13-9-8-11(18(19)20)14(17-13)16-10-6-5-7-12(10)21-4-2/h8-10,12H,3-7H2,1-2H3,(H2,15,16,17). The summed E-state index contributed by atoms with van der Waals surface area (Å²) in [5.74, 6) is 2.12. The number of hydrogen-bond donors (Lipinski definition) is 2. The molecule has 1 fully saturated rings. The lowest BCUT2D eigenvalue weighted by molar-refractivity contribution is -0.384. The highest BCUT2D eigenvalue weighted by atomic mass is 32.2. The van der Waals surface area contributed by atoms with E-state index in [9.17, 15) is 10.1 Å². The molecule has 21 heavy (non-hydrogen) atoms. The van der Waals surface area contributed by atoms with E-state index < -0.39 is 0 Å². The molecule has 1 aliphatic rings. The van der Waals surface area contributed by atoms with Gasteiger partial charge in [-0.25, -0.2) is 4.98 Å². The second-order valence-corrected chi connectivity index (χ2v) is 6.54. The maximum Gasteiger partial charge on any atom is 0.311 e. The van der Waals surface area contributed by atoms with Crippen LogP contribution in [0.3, 0.4) is 0 Å². The predicted molar refractivity (Wildman–Crippen MR) is 88.2 cm³/mol. The molecule has 1 aromatic heterocycles. The van der Waals surface area contributed by atoms with E-state index in [2.05, 4.69) is 22.5 Å². The summed E-state index contributed by atoms with van der Waals surface area (Å²) < 4.78 is 0. The zero-order valence-electron chi connectivity index (χ0n) is 12.5. The van der Waals surface area contributed by atoms with Crippen molar-refractivity contribution in [2.75, 3.05) is 22.9 Å². The molecule has 2 rings (SSSR count). The Morgan fingerprint density at radius 2 is 2.24 bits per heavy atom. The number of nitrogens with one attached hydrogen (secondary N) is 2. The predicted octanol–water partition coefficient (Wildman–Crippen LogP) is 3.51. The SMILES string of the molecule is CCNc1ccc([N+](=O)[O-])c(NC2CCCC2SCC)n1. The summed E-state index contributed by atoms with van der Waals surface area (Å²) in [6, 6.07) is 3.43. The highest BCUT2D eigenvalue weighted by molar-refractivity contribution is 7.99. The summed E-state index contributed by atoms with van der Waals surface area (Å²) in [6.45, 7) is 4.86. The van der Waals surface area contributed by atoms with Crippen LogP contribution in [0.1, 0.15) is 33.1 Å². The molecular formula is C14H22N4O2S. The van der Waals surface area contributed by atoms with Gasteiger partial charge in [-0.2, -0.15) is 11.8 Å². The molecular weight excluding hydrogens is 288 g/mol. The van der Waals surface area contributed by atoms with Gasteiger partial charge in [0.2, 0.25) is 5.82 Å². The van der Waals surface area contributed by atoms with Gasteiger partial charge in [0, 0.05) is 23.9 Å². The molecule has 0 amide bonds. The van der Waals surface area contributed by atoms with Crippen molar-refractivity contribution in [3.05, 3.63) is 22.2 Å². The fraction of sp³-hybridized carbons (Fsp3) is 0.643. The van der Waals surface area contributed by atoms with E-state index >= 15 is 0 Å². The summed E-state index contributed by atoms with van der Waals surface area (Å²) in [7, 11) is 0. The first-order valence-corrected chi connectivity index (χ1v) is 8.48. The van der Waals surface area contributed by atoms with E-state index in [0.717, 1.165) is 31.6 Å². The van der Waals surface area contributed by atoms with Crippen molar-refractivity contribution in [2.45, 2.75) is 44.4 Å². The van der Waals surface area contributed by atoms with Gasteiger partial charge >= 0.3 is 5.69 Å². The number of hydrogen-bond acceptors (Lipinski definition) is 6. The summed E-state index contributed by atoms with van der Waals surface area (Å²) in [6.07, 6.45) is 3.37. The van der Waals surface area contributed by atoms with E-state index in [1.165, 1.54) is 6.07 Å². The Morgan fingerprint density at radius 3 is 2.90 bits per heavy atom. The molecule has 116 valence electrons. The molecule has 7 heteroatoms. The van der Waals surface area contributed by atoms with Gasteiger partial charge in [-0.1, -0.05) is 13.3 Å². The molecule has 2 atom stereocenters. The summed E-state index contributed by atoms with van der Waals surface area (Å²) in [5, 5.41) is 18.1. The minimum atomic E-state index is -0.373. The van der Waals surface area contributed by atoms with Crippen molar-refractivity contribution in [3.8, 4) is 0 Å². The minimum absolute atomic E-state index is 0.0452. The van der Waals surface area contributed by atoms with Crippen LogP contribution in [-0.2, 0) is 0 Å². The first kappa shape index (κ1) is 15.9. The number of aromatic nitrogens is 1. The third-order valence-corrected chi connectivity index (χ3v) is 4.91. The molecule has 1 aliphatic carbocycles. The summed E-state index contributed by atoms with van der Waals surface area (Å²) in [5.41, 5.74) is 0.0452. The van der Waals surface area contributed by atoms with Gasteiger partial charge in [-0.3, -0.25) is 10.1 Å². The molecule has 0 bridgehead atoms. The van der Waals surface area contributed by atoms with Gasteiger partial charge in [0.05, 0.1) is 4.92 Å². The van der Waals surface area contributed by atoms with E-state index in [1.54, 1.807) is 6.07 Å². The lowest BCUT2D eigenvalue weighted by atomic mass is 10.2. The summed E-state index contributed by atoms with van der Waals surface area (Å²) in [4.78, 5) is 15.2. The maximum atomic E-state index is 11.2. The van der Waals surface area contributed by atoms with Crippen LogP contribution < -0.4 is 10.6 Å². The Kier molecular flexibility index (Phi) is 5.67. The van der Waals surface area contributed by atoms with Crippen molar-refractivity contribution in [1.29, 1.82) is 0 Å². The third-order valence-electron chi connectivity index (χ3n) is 3.58. The number of rotatable bonds is 7. The molecule has 0 radical (unpaired) electrons. The van der Waals surface area contributed by atoms with Crippen LogP contribution in [0.15, 0.2) is 12.1 Å². The van der Waals surface area contributed by atoms with Crippen molar-refractivity contribution >= 4 is 29.1 Å². The average Bonchev–Trinajstić information content (AvgIpc) is 2.87. The number of anilines is 2. The molecule has 1 aromatic rings. The molecule has 0 spiro atoms. The minimum Gasteiger partial charge on any atom is -0.370 e. The van der Waals surface area contributed by atoms with E-state index in [0.29, 0.717) is 16.9 Å². The fourth-order valence-electron chi connectivity index (χ4n) is 2.67. The van der Waals surface area contributed by atoms with Crippen molar-refractivity contribution in [2.24, 2.45) is 0 Å². The van der Waals surface area contributed by atoms with Crippen LogP contribution in [0.2, 0.25) is 0 Å². The normalized spacial score (nSPS) is 21.2. The van der Waals surface area contributed by atoms with Gasteiger partial charge in [0.15, 0.2) is 0 Å². The first-order valence-electron chi connectivity index (χ1n) is 7.43. The monoisotopic (exact) mass is 310 g/mol. The van der Waals surface area contributed by atoms with Crippen molar-refractivity contribution in [1.82, 2.24) is 4.98 Å². The highest BCUT2D eigenvalue weighted by Crippen LogP contribution is 2.34. The second kappa shape index (κ2) is 7.49. The molecule has 6 nitrogen and oxygen atoms in total. The van der Waals surface area contributed by atoms with Crippen LogP contribution in [0.25, 0.3) is 0 Å². The molecule has 0 aromatic carbocycles. The maximum absolute atomic E-state index is 11.2. The smallest absolute Gasteiger partial charge is 0.311 e. The van der Waals surface area contributed by atoms with Crippen LogP contribution in [-0.4, -0.2) is 33.5 Å². The molecule has 0 saturated heterocycles. The van der Waals surface area contributed by atoms with Crippen molar-refractivity contribution < 1.29 is 4.92 Å². The molecule has 2 N–H and O–H groups in total. The number of thioether (sulfide) groups is 1. The van der Waals surface area contributed by atoms with E-state index in [1.807, 2.05) is 18.7 Å². The van der Waals surface area contributed by atoms with Gasteiger partial charge in [-0.15, -0.1) is 0 Å². The number of pyridine rings is 1. The molecule has 0 aliphatic heterocycles. The summed E-state index contributed by atoms with van der Waals surface area (Å²) >= 11 is 1.92. The Labute approximate surface area is 129 Å². The van der Waals surface area contributed by atoms with Gasteiger partial charge in [0.1, 0.15) is 5.82 Å². The Hall–Kier alpha value is -1.50. The van der Waals surface area contributed by atoms with Crippen LogP contribution in [0.5, 0.6) is 0 Å². The van der Waals surface area contributed by atoms with Crippen LogP contribution in [0, 0.1) is 10.1 Å². The Morgan fingerprint density at radius 1 is 1.43 bits per heavy atom. The molecule has 1 saturated carbocycles. The van der Waals surface area contributed by atoms with Crippen LogP contribution in [0.4, 0.5) is 17.3 Å². The van der Waals surface area contributed by atoms with Gasteiger partial charge in [-0.05, 0) is 31.6 Å². The lowest BCUT2D eigenvalue weighted by Crippen LogP contribution is -2.27. The zero-order chi connectivity index (χ0) is 15.2. The number of nitrogens with zero attached hydrogens (tertiary/aromatic N) is 2. The molecule has 1 heterocycles. The highest BCUT2D eigenvalue weighted by Gasteiger charge is 2.29. The average molecular weight is 310 g/mol. The quantitative estimate of drug-likeness (QED) is 0.592. The van der Waals surface area contributed by atoms with Crippen molar-refractivity contribution in [3.63, 3.8) is 0 Å². The van der Waals surface area contributed by atoms with Gasteiger partial charge in [0.25, 0.3) is 0 Å². The van der Waals surface area contributed by atoms with Crippen LogP contribution >= 0.6 is 11.8 Å². The third kappa shape index (κ3) is 4.00. The first-order chi connectivity index (χ1) is 10.2. The second-order valence-electron chi connectivity index (χ2n) is 5.03. The Balaban J connectivity index is 2.19. The lowest BCUT2D eigenvalue weighted by Gasteiger charge is -2.20. The Bertz CT molecular complexity index is 498. The van der Waals surface area contributed by atoms with E-state index in [-0.39, 0.29) is 16.7 Å². The van der Waals surface area contributed by atoms with E-state index in [4.69, 9.17) is 0 Å². The largest absolute Gasteiger partial charge is 0.370 e. The fourth-order valence-corrected chi connectivity index (χ4v) is 3.86. The number of nitro groups is 1.